The third-order valence-corrected chi connectivity index (χ3v) is 3.62. The van der Waals surface area contributed by atoms with Crippen molar-refractivity contribution in [2.75, 3.05) is 0 Å². The average Bonchev–Trinajstić information content (AvgIpc) is 2.39. The van der Waals surface area contributed by atoms with Crippen molar-refractivity contribution in [3.63, 3.8) is 0 Å². The van der Waals surface area contributed by atoms with Crippen molar-refractivity contribution in [3.05, 3.63) is 0 Å². The van der Waals surface area contributed by atoms with Gasteiger partial charge in [0.05, 0.1) is 5.41 Å². The number of rotatable bonds is 3. The molecule has 1 aliphatic heterocycles. The minimum Gasteiger partial charge on any atom is -0.278 e. The molecule has 0 N–H and O–H groups in total. The lowest BCUT2D eigenvalue weighted by Crippen LogP contribution is -2.41. The smallest absolute Gasteiger partial charge is 0.236 e. The third-order valence-electron chi connectivity index (χ3n) is 3.62. The molecule has 1 fully saturated rings. The number of nitrogens with zero attached hydrogens (tertiary/aromatic N) is 1. The van der Waals surface area contributed by atoms with Gasteiger partial charge in [-0.2, -0.15) is 0 Å². The Bertz CT molecular complexity index is 353. The SMILES string of the molecule is C#CCC(C)N1C(=O)CC(C)(C(C)C)C1=O. The van der Waals surface area contributed by atoms with E-state index >= 15 is 0 Å². The summed E-state index contributed by atoms with van der Waals surface area (Å²) in [6.45, 7) is 7.63. The maximum atomic E-state index is 12.2. The third kappa shape index (κ3) is 1.84. The molecular formula is C13H19NO2. The molecule has 1 aliphatic rings. The molecule has 88 valence electrons. The summed E-state index contributed by atoms with van der Waals surface area (Å²) in [5.41, 5.74) is -0.556. The number of hydrogen-bond acceptors (Lipinski definition) is 2. The van der Waals surface area contributed by atoms with Crippen LogP contribution in [0.25, 0.3) is 0 Å². The molecule has 0 spiro atoms. The Labute approximate surface area is 97.2 Å². The highest BCUT2D eigenvalue weighted by Crippen LogP contribution is 2.40. The molecule has 1 rings (SSSR count). The Morgan fingerprint density at radius 1 is 1.44 bits per heavy atom. The highest BCUT2D eigenvalue weighted by atomic mass is 16.2. The molecule has 0 aliphatic carbocycles. The van der Waals surface area contributed by atoms with Crippen molar-refractivity contribution in [1.29, 1.82) is 0 Å². The molecule has 0 radical (unpaired) electrons. The lowest BCUT2D eigenvalue weighted by atomic mass is 9.78. The Morgan fingerprint density at radius 3 is 2.38 bits per heavy atom. The first-order chi connectivity index (χ1) is 7.34. The molecule has 2 unspecified atom stereocenters. The summed E-state index contributed by atoms with van der Waals surface area (Å²) < 4.78 is 0. The van der Waals surface area contributed by atoms with Gasteiger partial charge in [-0.05, 0) is 19.8 Å². The monoisotopic (exact) mass is 221 g/mol. The standard InChI is InChI=1S/C13H19NO2/c1-6-7-10(4)14-11(15)8-13(5,9(2)3)12(14)16/h1,9-10H,7-8H2,2-5H3. The predicted octanol–water partition coefficient (Wildman–Crippen LogP) is 1.82. The van der Waals surface area contributed by atoms with Gasteiger partial charge in [-0.25, -0.2) is 0 Å². The van der Waals surface area contributed by atoms with Crippen LogP contribution in [0.3, 0.4) is 0 Å². The average molecular weight is 221 g/mol. The lowest BCUT2D eigenvalue weighted by Gasteiger charge is -2.28. The van der Waals surface area contributed by atoms with E-state index in [1.165, 1.54) is 4.90 Å². The zero-order chi connectivity index (χ0) is 12.5. The molecule has 2 atom stereocenters. The summed E-state index contributed by atoms with van der Waals surface area (Å²) in [6, 6.07) is -0.189. The highest BCUT2D eigenvalue weighted by Gasteiger charge is 2.51. The van der Waals surface area contributed by atoms with Crippen LogP contribution in [0, 0.1) is 23.7 Å². The Kier molecular flexibility index (Phi) is 3.42. The zero-order valence-corrected chi connectivity index (χ0v) is 10.4. The van der Waals surface area contributed by atoms with Crippen molar-refractivity contribution in [2.24, 2.45) is 11.3 Å². The summed E-state index contributed by atoms with van der Waals surface area (Å²) in [5.74, 6) is 2.49. The molecule has 3 heteroatoms. The van der Waals surface area contributed by atoms with Crippen LogP contribution < -0.4 is 0 Å². The number of carbonyl (C=O) groups is 2. The van der Waals surface area contributed by atoms with Crippen LogP contribution in [-0.2, 0) is 9.59 Å². The number of likely N-dealkylation sites (tertiary alicyclic amines) is 1. The van der Waals surface area contributed by atoms with Gasteiger partial charge in [-0.15, -0.1) is 12.3 Å². The van der Waals surface area contributed by atoms with Crippen LogP contribution in [0.2, 0.25) is 0 Å². The number of carbonyl (C=O) groups excluding carboxylic acids is 2. The fraction of sp³-hybridized carbons (Fsp3) is 0.692. The van der Waals surface area contributed by atoms with Gasteiger partial charge in [0.1, 0.15) is 0 Å². The summed E-state index contributed by atoms with van der Waals surface area (Å²) in [7, 11) is 0. The van der Waals surface area contributed by atoms with Crippen LogP contribution in [0.1, 0.15) is 40.5 Å². The van der Waals surface area contributed by atoms with Crippen LogP contribution >= 0.6 is 0 Å². The minimum atomic E-state index is -0.556. The Hall–Kier alpha value is -1.30. The Balaban J connectivity index is 2.96. The highest BCUT2D eigenvalue weighted by molar-refractivity contribution is 6.06. The van der Waals surface area contributed by atoms with Gasteiger partial charge in [-0.3, -0.25) is 14.5 Å². The van der Waals surface area contributed by atoms with Gasteiger partial charge in [0.15, 0.2) is 0 Å². The first-order valence-electron chi connectivity index (χ1n) is 5.64. The van der Waals surface area contributed by atoms with E-state index in [1.54, 1.807) is 0 Å². The van der Waals surface area contributed by atoms with Gasteiger partial charge in [0.2, 0.25) is 11.8 Å². The van der Waals surface area contributed by atoms with E-state index in [4.69, 9.17) is 6.42 Å². The topological polar surface area (TPSA) is 37.4 Å². The van der Waals surface area contributed by atoms with Crippen LogP contribution in [-0.4, -0.2) is 22.8 Å². The molecule has 16 heavy (non-hydrogen) atoms. The lowest BCUT2D eigenvalue weighted by molar-refractivity contribution is -0.144. The predicted molar refractivity (Wildman–Crippen MR) is 62.3 cm³/mol. The van der Waals surface area contributed by atoms with E-state index in [0.29, 0.717) is 12.8 Å². The van der Waals surface area contributed by atoms with Gasteiger partial charge in [0, 0.05) is 18.9 Å². The quantitative estimate of drug-likeness (QED) is 0.538. The first-order valence-corrected chi connectivity index (χ1v) is 5.64. The molecule has 1 heterocycles. The molecule has 3 nitrogen and oxygen atoms in total. The zero-order valence-electron chi connectivity index (χ0n) is 10.4. The fourth-order valence-electron chi connectivity index (χ4n) is 2.02. The molecule has 0 aromatic carbocycles. The van der Waals surface area contributed by atoms with E-state index < -0.39 is 5.41 Å². The largest absolute Gasteiger partial charge is 0.278 e. The molecule has 0 saturated carbocycles. The summed E-state index contributed by atoms with van der Waals surface area (Å²) in [5, 5.41) is 0. The molecule has 0 bridgehead atoms. The van der Waals surface area contributed by atoms with Crippen LogP contribution in [0.15, 0.2) is 0 Å². The van der Waals surface area contributed by atoms with Crippen molar-refractivity contribution < 1.29 is 9.59 Å². The fourth-order valence-corrected chi connectivity index (χ4v) is 2.02. The van der Waals surface area contributed by atoms with E-state index in [1.807, 2.05) is 27.7 Å². The summed E-state index contributed by atoms with van der Waals surface area (Å²) in [6.07, 6.45) is 5.94. The first kappa shape index (κ1) is 12.8. The van der Waals surface area contributed by atoms with Crippen molar-refractivity contribution in [1.82, 2.24) is 4.90 Å². The summed E-state index contributed by atoms with van der Waals surface area (Å²) in [4.78, 5) is 25.4. The minimum absolute atomic E-state index is 0.0738. The van der Waals surface area contributed by atoms with E-state index in [2.05, 4.69) is 5.92 Å². The maximum Gasteiger partial charge on any atom is 0.236 e. The van der Waals surface area contributed by atoms with E-state index in [-0.39, 0.29) is 23.8 Å². The van der Waals surface area contributed by atoms with Crippen LogP contribution in [0.4, 0.5) is 0 Å². The molecule has 1 saturated heterocycles. The Morgan fingerprint density at radius 2 is 2.00 bits per heavy atom. The number of imide groups is 1. The number of hydrogen-bond donors (Lipinski definition) is 0. The van der Waals surface area contributed by atoms with Crippen molar-refractivity contribution in [2.45, 2.75) is 46.6 Å². The van der Waals surface area contributed by atoms with Crippen molar-refractivity contribution >= 4 is 11.8 Å². The molecular weight excluding hydrogens is 202 g/mol. The van der Waals surface area contributed by atoms with E-state index in [9.17, 15) is 9.59 Å². The van der Waals surface area contributed by atoms with Gasteiger partial charge in [-0.1, -0.05) is 13.8 Å². The summed E-state index contributed by atoms with van der Waals surface area (Å²) >= 11 is 0. The molecule has 2 amide bonds. The second kappa shape index (κ2) is 4.29. The number of terminal acetylenes is 1. The second-order valence-corrected chi connectivity index (χ2v) is 5.08. The van der Waals surface area contributed by atoms with Crippen molar-refractivity contribution in [3.8, 4) is 12.3 Å². The van der Waals surface area contributed by atoms with Gasteiger partial charge < -0.3 is 0 Å². The molecule has 0 aromatic heterocycles. The van der Waals surface area contributed by atoms with E-state index in [0.717, 1.165) is 0 Å². The second-order valence-electron chi connectivity index (χ2n) is 5.08. The normalized spacial score (nSPS) is 27.4. The maximum absolute atomic E-state index is 12.2. The number of amides is 2. The molecule has 0 aromatic rings. The van der Waals surface area contributed by atoms with Gasteiger partial charge in [0.25, 0.3) is 0 Å². The van der Waals surface area contributed by atoms with Gasteiger partial charge >= 0.3 is 0 Å². The van der Waals surface area contributed by atoms with Crippen LogP contribution in [0.5, 0.6) is 0 Å².